The van der Waals surface area contributed by atoms with E-state index in [1.54, 1.807) is 18.2 Å². The molecule has 0 bridgehead atoms. The van der Waals surface area contributed by atoms with Crippen LogP contribution in [0.3, 0.4) is 0 Å². The van der Waals surface area contributed by atoms with Gasteiger partial charge >= 0.3 is 0 Å². The molecule has 0 aliphatic rings. The number of halogens is 1. The van der Waals surface area contributed by atoms with Crippen LogP contribution in [-0.4, -0.2) is 0 Å². The Kier molecular flexibility index (Phi) is 1.72. The molecule has 0 spiro atoms. The van der Waals surface area contributed by atoms with E-state index in [-0.39, 0.29) is 0 Å². The molecule has 0 fully saturated rings. The van der Waals surface area contributed by atoms with Crippen LogP contribution in [0, 0.1) is 0 Å². The number of furan rings is 1. The lowest BCUT2D eigenvalue weighted by Crippen LogP contribution is -1.85. The van der Waals surface area contributed by atoms with Crippen LogP contribution in [0.25, 0.3) is 11.0 Å². The van der Waals surface area contributed by atoms with E-state index in [1.807, 2.05) is 0 Å². The fourth-order valence-electron chi connectivity index (χ4n) is 1.41. The quantitative estimate of drug-likeness (QED) is 0.683. The molecule has 2 N–H and O–H groups in total. The molecule has 0 saturated carbocycles. The van der Waals surface area contributed by atoms with Crippen molar-refractivity contribution in [3.8, 4) is 0 Å². The van der Waals surface area contributed by atoms with E-state index in [9.17, 15) is 4.39 Å². The summed E-state index contributed by atoms with van der Waals surface area (Å²) in [5.41, 5.74) is 7.33. The van der Waals surface area contributed by atoms with Gasteiger partial charge in [0.1, 0.15) is 6.17 Å². The molecular formula is C10H10FNO. The molecule has 1 heterocycles. The molecule has 1 atom stereocenters. The topological polar surface area (TPSA) is 39.2 Å². The molecule has 0 saturated heterocycles. The number of hydrogen-bond donors (Lipinski definition) is 1. The normalized spacial score (nSPS) is 13.4. The van der Waals surface area contributed by atoms with Gasteiger partial charge in [0.05, 0.1) is 12.0 Å². The summed E-state index contributed by atoms with van der Waals surface area (Å²) in [4.78, 5) is 0. The predicted molar refractivity (Wildman–Crippen MR) is 50.1 cm³/mol. The van der Waals surface area contributed by atoms with Gasteiger partial charge in [-0.25, -0.2) is 4.39 Å². The van der Waals surface area contributed by atoms with E-state index < -0.39 is 6.17 Å². The lowest BCUT2D eigenvalue weighted by molar-refractivity contribution is 0.373. The van der Waals surface area contributed by atoms with Crippen molar-refractivity contribution in [3.63, 3.8) is 0 Å². The highest BCUT2D eigenvalue weighted by Gasteiger charge is 2.12. The third-order valence-electron chi connectivity index (χ3n) is 2.09. The highest BCUT2D eigenvalue weighted by atomic mass is 19.1. The Hall–Kier alpha value is -1.51. The second-order valence-corrected chi connectivity index (χ2v) is 3.03. The minimum atomic E-state index is -1.02. The molecule has 2 rings (SSSR count). The predicted octanol–water partition coefficient (Wildman–Crippen LogP) is 3.05. The second kappa shape index (κ2) is 2.76. The lowest BCUT2D eigenvalue weighted by atomic mass is 10.1. The van der Waals surface area contributed by atoms with E-state index >= 15 is 0 Å². The standard InChI is InChI=1S/C10H10FNO/c1-6(11)8-5-13-10-7(8)3-2-4-9(10)12/h2-6H,12H2,1H3. The Morgan fingerprint density at radius 3 is 2.92 bits per heavy atom. The molecule has 0 aliphatic carbocycles. The van der Waals surface area contributed by atoms with E-state index in [4.69, 9.17) is 10.2 Å². The summed E-state index contributed by atoms with van der Waals surface area (Å²) in [5, 5.41) is 0.759. The first-order valence-electron chi connectivity index (χ1n) is 4.10. The van der Waals surface area contributed by atoms with Crippen LogP contribution >= 0.6 is 0 Å². The number of rotatable bonds is 1. The zero-order chi connectivity index (χ0) is 9.42. The van der Waals surface area contributed by atoms with Crippen LogP contribution < -0.4 is 5.73 Å². The van der Waals surface area contributed by atoms with Crippen molar-refractivity contribution in [2.45, 2.75) is 13.1 Å². The van der Waals surface area contributed by atoms with Crippen molar-refractivity contribution in [1.29, 1.82) is 0 Å². The van der Waals surface area contributed by atoms with Gasteiger partial charge in [-0.1, -0.05) is 12.1 Å². The summed E-state index contributed by atoms with van der Waals surface area (Å²) >= 11 is 0. The maximum Gasteiger partial charge on any atom is 0.157 e. The van der Waals surface area contributed by atoms with Crippen molar-refractivity contribution in [2.75, 3.05) is 5.73 Å². The number of nitrogen functional groups attached to an aromatic ring is 1. The zero-order valence-corrected chi connectivity index (χ0v) is 7.25. The monoisotopic (exact) mass is 179 g/mol. The molecule has 1 aromatic heterocycles. The van der Waals surface area contributed by atoms with Crippen molar-refractivity contribution in [3.05, 3.63) is 30.0 Å². The van der Waals surface area contributed by atoms with Gasteiger partial charge in [0, 0.05) is 10.9 Å². The summed E-state index contributed by atoms with van der Waals surface area (Å²) < 4.78 is 18.2. The maximum absolute atomic E-state index is 13.0. The number of para-hydroxylation sites is 1. The number of benzene rings is 1. The molecule has 2 aromatic rings. The first kappa shape index (κ1) is 8.10. The fraction of sp³-hybridized carbons (Fsp3) is 0.200. The van der Waals surface area contributed by atoms with Crippen LogP contribution in [-0.2, 0) is 0 Å². The highest BCUT2D eigenvalue weighted by molar-refractivity contribution is 5.90. The molecule has 0 radical (unpaired) electrons. The van der Waals surface area contributed by atoms with Crippen molar-refractivity contribution >= 4 is 16.7 Å². The number of hydrogen-bond acceptors (Lipinski definition) is 2. The molecule has 68 valence electrons. The molecule has 2 nitrogen and oxygen atoms in total. The van der Waals surface area contributed by atoms with E-state index in [0.717, 1.165) is 5.39 Å². The summed E-state index contributed by atoms with van der Waals surface area (Å²) in [6.45, 7) is 1.48. The third-order valence-corrected chi connectivity index (χ3v) is 2.09. The zero-order valence-electron chi connectivity index (χ0n) is 7.25. The largest absolute Gasteiger partial charge is 0.462 e. The minimum Gasteiger partial charge on any atom is -0.462 e. The van der Waals surface area contributed by atoms with Crippen LogP contribution in [0.2, 0.25) is 0 Å². The van der Waals surface area contributed by atoms with Gasteiger partial charge in [0.2, 0.25) is 0 Å². The van der Waals surface area contributed by atoms with Gasteiger partial charge in [-0.05, 0) is 13.0 Å². The Morgan fingerprint density at radius 2 is 2.23 bits per heavy atom. The van der Waals surface area contributed by atoms with Gasteiger partial charge in [0.15, 0.2) is 5.58 Å². The van der Waals surface area contributed by atoms with E-state index in [0.29, 0.717) is 16.8 Å². The fourth-order valence-corrected chi connectivity index (χ4v) is 1.41. The molecule has 3 heteroatoms. The summed E-state index contributed by atoms with van der Waals surface area (Å²) in [7, 11) is 0. The summed E-state index contributed by atoms with van der Waals surface area (Å²) in [5.74, 6) is 0. The SMILES string of the molecule is CC(F)c1coc2c(N)cccc12. The number of alkyl halides is 1. The van der Waals surface area contributed by atoms with Gasteiger partial charge < -0.3 is 10.2 Å². The average Bonchev–Trinajstić information content (AvgIpc) is 2.48. The van der Waals surface area contributed by atoms with Crippen molar-refractivity contribution in [2.24, 2.45) is 0 Å². The van der Waals surface area contributed by atoms with Crippen molar-refractivity contribution < 1.29 is 8.81 Å². The van der Waals surface area contributed by atoms with Crippen LogP contribution in [0.15, 0.2) is 28.9 Å². The second-order valence-electron chi connectivity index (χ2n) is 3.03. The lowest BCUT2D eigenvalue weighted by Gasteiger charge is -1.97. The summed E-state index contributed by atoms with van der Waals surface area (Å²) in [6, 6.07) is 5.33. The average molecular weight is 179 g/mol. The van der Waals surface area contributed by atoms with Gasteiger partial charge in [0.25, 0.3) is 0 Å². The Bertz CT molecular complexity index is 433. The minimum absolute atomic E-state index is 0.546. The Balaban J connectivity index is 2.75. The van der Waals surface area contributed by atoms with Gasteiger partial charge in [-0.3, -0.25) is 0 Å². The number of nitrogens with two attached hydrogens (primary N) is 1. The first-order chi connectivity index (χ1) is 6.20. The molecule has 1 aromatic carbocycles. The molecule has 0 amide bonds. The molecular weight excluding hydrogens is 169 g/mol. The third kappa shape index (κ3) is 1.16. The number of anilines is 1. The Labute approximate surface area is 75.1 Å². The van der Waals surface area contributed by atoms with Gasteiger partial charge in [-0.15, -0.1) is 0 Å². The van der Waals surface area contributed by atoms with E-state index in [2.05, 4.69) is 0 Å². The molecule has 13 heavy (non-hydrogen) atoms. The molecule has 1 unspecified atom stereocenters. The highest BCUT2D eigenvalue weighted by Crippen LogP contribution is 2.31. The number of fused-ring (bicyclic) bond motifs is 1. The Morgan fingerprint density at radius 1 is 1.46 bits per heavy atom. The first-order valence-corrected chi connectivity index (χ1v) is 4.10. The van der Waals surface area contributed by atoms with Crippen LogP contribution in [0.5, 0.6) is 0 Å². The van der Waals surface area contributed by atoms with Crippen molar-refractivity contribution in [1.82, 2.24) is 0 Å². The molecule has 0 aliphatic heterocycles. The maximum atomic E-state index is 13.0. The van der Waals surface area contributed by atoms with Crippen LogP contribution in [0.4, 0.5) is 10.1 Å². The van der Waals surface area contributed by atoms with E-state index in [1.165, 1.54) is 13.2 Å². The van der Waals surface area contributed by atoms with Crippen LogP contribution in [0.1, 0.15) is 18.7 Å². The summed E-state index contributed by atoms with van der Waals surface area (Å²) in [6.07, 6.45) is 0.397. The smallest absolute Gasteiger partial charge is 0.157 e. The van der Waals surface area contributed by atoms with Gasteiger partial charge in [-0.2, -0.15) is 0 Å².